The van der Waals surface area contributed by atoms with Crippen LogP contribution in [0.1, 0.15) is 37.0 Å². The van der Waals surface area contributed by atoms with Gasteiger partial charge in [-0.05, 0) is 50.8 Å². The molecule has 0 unspecified atom stereocenters. The SMILES string of the molecule is Cc1cccc(-c2nnc(SCC(=O)NC3(C#N)CCCC3)n2Cc2ccco2)c1. The molecule has 1 aromatic carbocycles. The number of rotatable bonds is 7. The Kier molecular flexibility index (Phi) is 5.91. The zero-order chi connectivity index (χ0) is 21.0. The van der Waals surface area contributed by atoms with Crippen LogP contribution in [0.4, 0.5) is 0 Å². The Morgan fingerprint density at radius 2 is 2.13 bits per heavy atom. The summed E-state index contributed by atoms with van der Waals surface area (Å²) in [5.41, 5.74) is 1.37. The molecule has 0 atom stereocenters. The molecule has 2 heterocycles. The van der Waals surface area contributed by atoms with Gasteiger partial charge in [0.2, 0.25) is 5.91 Å². The first kappa shape index (κ1) is 20.2. The van der Waals surface area contributed by atoms with Crippen LogP contribution in [0, 0.1) is 18.3 Å². The van der Waals surface area contributed by atoms with Crippen molar-refractivity contribution in [3.8, 4) is 17.5 Å². The maximum Gasteiger partial charge on any atom is 0.231 e. The Bertz CT molecular complexity index is 1060. The molecule has 0 spiro atoms. The van der Waals surface area contributed by atoms with Crippen LogP contribution in [0.2, 0.25) is 0 Å². The van der Waals surface area contributed by atoms with E-state index in [-0.39, 0.29) is 11.7 Å². The molecule has 1 aliphatic carbocycles. The van der Waals surface area contributed by atoms with Crippen LogP contribution in [-0.2, 0) is 11.3 Å². The highest BCUT2D eigenvalue weighted by atomic mass is 32.2. The van der Waals surface area contributed by atoms with Crippen LogP contribution in [-0.4, -0.2) is 32.0 Å². The number of benzene rings is 1. The van der Waals surface area contributed by atoms with Gasteiger partial charge in [-0.2, -0.15) is 5.26 Å². The molecule has 1 fully saturated rings. The van der Waals surface area contributed by atoms with Crippen molar-refractivity contribution >= 4 is 17.7 Å². The molecule has 1 N–H and O–H groups in total. The van der Waals surface area contributed by atoms with E-state index in [0.29, 0.717) is 24.5 Å². The van der Waals surface area contributed by atoms with Crippen LogP contribution in [0.3, 0.4) is 0 Å². The van der Waals surface area contributed by atoms with Gasteiger partial charge in [-0.1, -0.05) is 35.5 Å². The van der Waals surface area contributed by atoms with Crippen molar-refractivity contribution in [3.63, 3.8) is 0 Å². The molecule has 30 heavy (non-hydrogen) atoms. The first-order valence-electron chi connectivity index (χ1n) is 9.96. The van der Waals surface area contributed by atoms with E-state index >= 15 is 0 Å². The maximum atomic E-state index is 12.5. The Labute approximate surface area is 179 Å². The second kappa shape index (κ2) is 8.76. The van der Waals surface area contributed by atoms with E-state index in [1.165, 1.54) is 11.8 Å². The van der Waals surface area contributed by atoms with E-state index in [2.05, 4.69) is 27.6 Å². The lowest BCUT2D eigenvalue weighted by Crippen LogP contribution is -2.45. The number of nitrogens with one attached hydrogen (secondary N) is 1. The van der Waals surface area contributed by atoms with Gasteiger partial charge < -0.3 is 9.73 Å². The van der Waals surface area contributed by atoms with Crippen LogP contribution in [0.15, 0.2) is 52.2 Å². The number of nitriles is 1. The van der Waals surface area contributed by atoms with Crippen LogP contribution >= 0.6 is 11.8 Å². The van der Waals surface area contributed by atoms with E-state index in [0.717, 1.165) is 35.6 Å². The number of amides is 1. The first-order chi connectivity index (χ1) is 14.6. The van der Waals surface area contributed by atoms with E-state index in [1.54, 1.807) is 6.26 Å². The van der Waals surface area contributed by atoms with E-state index in [1.807, 2.05) is 41.8 Å². The molecule has 154 valence electrons. The van der Waals surface area contributed by atoms with E-state index < -0.39 is 5.54 Å². The normalized spacial score (nSPS) is 15.1. The third-order valence-electron chi connectivity index (χ3n) is 5.27. The lowest BCUT2D eigenvalue weighted by molar-refractivity contribution is -0.119. The summed E-state index contributed by atoms with van der Waals surface area (Å²) in [5, 5.41) is 21.8. The Morgan fingerprint density at radius 1 is 1.30 bits per heavy atom. The molecule has 0 aliphatic heterocycles. The van der Waals surface area contributed by atoms with E-state index in [9.17, 15) is 10.1 Å². The van der Waals surface area contributed by atoms with Gasteiger partial charge in [0.05, 0.1) is 24.6 Å². The molecule has 0 radical (unpaired) electrons. The zero-order valence-corrected chi connectivity index (χ0v) is 17.6. The Balaban J connectivity index is 1.54. The third-order valence-corrected chi connectivity index (χ3v) is 6.24. The smallest absolute Gasteiger partial charge is 0.231 e. The number of hydrogen-bond donors (Lipinski definition) is 1. The van der Waals surface area contributed by atoms with Gasteiger partial charge in [-0.3, -0.25) is 9.36 Å². The third kappa shape index (κ3) is 4.41. The first-order valence-corrected chi connectivity index (χ1v) is 10.9. The van der Waals surface area contributed by atoms with Gasteiger partial charge in [0.1, 0.15) is 11.3 Å². The lowest BCUT2D eigenvalue weighted by Gasteiger charge is -2.21. The number of carbonyl (C=O) groups is 1. The fourth-order valence-corrected chi connectivity index (χ4v) is 4.51. The second-order valence-electron chi connectivity index (χ2n) is 7.58. The minimum atomic E-state index is -0.716. The minimum Gasteiger partial charge on any atom is -0.467 e. The highest BCUT2D eigenvalue weighted by Gasteiger charge is 2.35. The number of aromatic nitrogens is 3. The summed E-state index contributed by atoms with van der Waals surface area (Å²) in [4.78, 5) is 12.5. The van der Waals surface area contributed by atoms with Crippen LogP contribution < -0.4 is 5.32 Å². The van der Waals surface area contributed by atoms with Gasteiger partial charge in [0.25, 0.3) is 0 Å². The summed E-state index contributed by atoms with van der Waals surface area (Å²) in [7, 11) is 0. The monoisotopic (exact) mass is 421 g/mol. The molecule has 3 aromatic rings. The van der Waals surface area contributed by atoms with Crippen molar-refractivity contribution < 1.29 is 9.21 Å². The maximum absolute atomic E-state index is 12.5. The number of aryl methyl sites for hydroxylation is 1. The van der Waals surface area contributed by atoms with Crippen molar-refractivity contribution in [2.24, 2.45) is 0 Å². The Morgan fingerprint density at radius 3 is 2.83 bits per heavy atom. The molecule has 1 amide bonds. The van der Waals surface area contributed by atoms with E-state index in [4.69, 9.17) is 4.42 Å². The summed E-state index contributed by atoms with van der Waals surface area (Å²) < 4.78 is 7.48. The number of nitrogens with zero attached hydrogens (tertiary/aromatic N) is 4. The largest absolute Gasteiger partial charge is 0.467 e. The molecule has 7 nitrogen and oxygen atoms in total. The average molecular weight is 422 g/mol. The van der Waals surface area contributed by atoms with Crippen LogP contribution in [0.25, 0.3) is 11.4 Å². The summed E-state index contributed by atoms with van der Waals surface area (Å²) in [6.07, 6.45) is 5.00. The van der Waals surface area contributed by atoms with Gasteiger partial charge in [0.15, 0.2) is 11.0 Å². The fourth-order valence-electron chi connectivity index (χ4n) is 3.77. The van der Waals surface area contributed by atoms with Crippen molar-refractivity contribution in [3.05, 3.63) is 54.0 Å². The molecule has 0 saturated heterocycles. The van der Waals surface area contributed by atoms with Gasteiger partial charge in [-0.15, -0.1) is 10.2 Å². The lowest BCUT2D eigenvalue weighted by atomic mass is 10.0. The summed E-state index contributed by atoms with van der Waals surface area (Å²) in [5.74, 6) is 1.52. The molecular weight excluding hydrogens is 398 g/mol. The predicted molar refractivity (Wildman–Crippen MR) is 114 cm³/mol. The summed E-state index contributed by atoms with van der Waals surface area (Å²) >= 11 is 1.32. The summed E-state index contributed by atoms with van der Waals surface area (Å²) in [6.45, 7) is 2.50. The van der Waals surface area contributed by atoms with Crippen LogP contribution in [0.5, 0.6) is 0 Å². The van der Waals surface area contributed by atoms with Gasteiger partial charge in [0, 0.05) is 5.56 Å². The molecule has 1 saturated carbocycles. The number of carbonyl (C=O) groups excluding carboxylic acids is 1. The molecule has 2 aromatic heterocycles. The van der Waals surface area contributed by atoms with Crippen molar-refractivity contribution in [1.29, 1.82) is 5.26 Å². The Hall–Kier alpha value is -3.05. The quantitative estimate of drug-likeness (QED) is 0.581. The number of thioether (sulfide) groups is 1. The van der Waals surface area contributed by atoms with Gasteiger partial charge >= 0.3 is 0 Å². The van der Waals surface area contributed by atoms with Gasteiger partial charge in [-0.25, -0.2) is 0 Å². The number of furan rings is 1. The average Bonchev–Trinajstić information content (AvgIpc) is 3.49. The highest BCUT2D eigenvalue weighted by molar-refractivity contribution is 7.99. The highest BCUT2D eigenvalue weighted by Crippen LogP contribution is 2.30. The fraction of sp³-hybridized carbons (Fsp3) is 0.364. The standard InChI is InChI=1S/C22H23N5O2S/c1-16-6-4-7-17(12-16)20-25-26-21(27(20)13-18-8-5-11-29-18)30-14-19(28)24-22(15-23)9-2-3-10-22/h4-8,11-12H,2-3,9-10,13-14H2,1H3,(H,24,28). The predicted octanol–water partition coefficient (Wildman–Crippen LogP) is 3.94. The minimum absolute atomic E-state index is 0.159. The molecular formula is C22H23N5O2S. The summed E-state index contributed by atoms with van der Waals surface area (Å²) in [6, 6.07) is 14.1. The molecule has 8 heteroatoms. The molecule has 0 bridgehead atoms. The molecule has 4 rings (SSSR count). The topological polar surface area (TPSA) is 96.7 Å². The van der Waals surface area contributed by atoms with Crippen molar-refractivity contribution in [2.45, 2.75) is 49.8 Å². The van der Waals surface area contributed by atoms with Crippen molar-refractivity contribution in [2.75, 3.05) is 5.75 Å². The van der Waals surface area contributed by atoms with Crippen molar-refractivity contribution in [1.82, 2.24) is 20.1 Å². The zero-order valence-electron chi connectivity index (χ0n) is 16.8. The second-order valence-corrected chi connectivity index (χ2v) is 8.52. The number of hydrogen-bond acceptors (Lipinski definition) is 6. The molecule has 1 aliphatic rings.